The minimum absolute atomic E-state index is 0.0776. The van der Waals surface area contributed by atoms with Crippen LogP contribution in [0.5, 0.6) is 0 Å². The lowest BCUT2D eigenvalue weighted by Gasteiger charge is -2.03. The van der Waals surface area contributed by atoms with E-state index in [1.165, 1.54) is 7.11 Å². The van der Waals surface area contributed by atoms with Gasteiger partial charge >= 0.3 is 0 Å². The number of hydrogen-bond acceptors (Lipinski definition) is 3. The van der Waals surface area contributed by atoms with Crippen LogP contribution < -0.4 is 5.32 Å². The van der Waals surface area contributed by atoms with Crippen molar-refractivity contribution in [2.24, 2.45) is 0 Å². The molecule has 0 atom stereocenters. The molecule has 0 saturated heterocycles. The van der Waals surface area contributed by atoms with E-state index < -0.39 is 0 Å². The third-order valence-corrected chi connectivity index (χ3v) is 1.71. The van der Waals surface area contributed by atoms with Gasteiger partial charge in [-0.05, 0) is 24.4 Å². The Kier molecular flexibility index (Phi) is 3.40. The fourth-order valence-electron chi connectivity index (χ4n) is 0.805. The summed E-state index contributed by atoms with van der Waals surface area (Å²) >= 11 is 4.68. The highest BCUT2D eigenvalue weighted by Crippen LogP contribution is 1.97. The molecule has 0 saturated carbocycles. The van der Waals surface area contributed by atoms with Crippen molar-refractivity contribution in [3.05, 3.63) is 35.9 Å². The van der Waals surface area contributed by atoms with E-state index >= 15 is 0 Å². The minimum atomic E-state index is -0.257. The monoisotopic (exact) mass is 195 g/mol. The van der Waals surface area contributed by atoms with Gasteiger partial charge in [0.1, 0.15) is 0 Å². The highest BCUT2D eigenvalue weighted by Gasteiger charge is 2.05. The molecule has 1 rings (SSSR count). The second-order valence-corrected chi connectivity index (χ2v) is 2.68. The van der Waals surface area contributed by atoms with Crippen LogP contribution >= 0.6 is 12.2 Å². The Labute approximate surface area is 81.7 Å². The molecular weight excluding hydrogens is 186 g/mol. The molecule has 0 aliphatic carbocycles. The number of carbonyl (C=O) groups excluding carboxylic acids is 1. The number of rotatable bonds is 1. The number of nitrogens with one attached hydrogen (secondary N) is 1. The zero-order chi connectivity index (χ0) is 9.68. The number of benzene rings is 1. The Morgan fingerprint density at radius 2 is 2.00 bits per heavy atom. The van der Waals surface area contributed by atoms with Crippen LogP contribution in [0.3, 0.4) is 0 Å². The largest absolute Gasteiger partial charge is 0.474 e. The fraction of sp³-hybridized carbons (Fsp3) is 0.111. The molecular formula is C9H9NO2S. The summed E-state index contributed by atoms with van der Waals surface area (Å²) in [6, 6.07) is 8.81. The molecule has 0 aliphatic heterocycles. The molecule has 1 aromatic carbocycles. The Balaban J connectivity index is 2.65. The summed E-state index contributed by atoms with van der Waals surface area (Å²) in [6.07, 6.45) is 0. The summed E-state index contributed by atoms with van der Waals surface area (Å²) in [5.74, 6) is -0.257. The third kappa shape index (κ3) is 2.83. The van der Waals surface area contributed by atoms with Crippen LogP contribution in [0.4, 0.5) is 0 Å². The van der Waals surface area contributed by atoms with Gasteiger partial charge in [-0.25, -0.2) is 0 Å². The molecule has 4 heteroatoms. The highest BCUT2D eigenvalue weighted by atomic mass is 32.1. The molecule has 0 spiro atoms. The molecule has 0 unspecified atom stereocenters. The third-order valence-electron chi connectivity index (χ3n) is 1.44. The lowest BCUT2D eigenvalue weighted by molar-refractivity contribution is 0.0970. The number of hydrogen-bond donors (Lipinski definition) is 1. The maximum atomic E-state index is 11.3. The lowest BCUT2D eigenvalue weighted by Crippen LogP contribution is -2.29. The van der Waals surface area contributed by atoms with Crippen LogP contribution in [0.2, 0.25) is 0 Å². The van der Waals surface area contributed by atoms with Crippen molar-refractivity contribution in [2.75, 3.05) is 7.11 Å². The molecule has 1 aromatic rings. The summed E-state index contributed by atoms with van der Waals surface area (Å²) in [4.78, 5) is 11.3. The van der Waals surface area contributed by atoms with Gasteiger partial charge in [0.25, 0.3) is 11.1 Å². The van der Waals surface area contributed by atoms with E-state index in [-0.39, 0.29) is 11.1 Å². The number of ether oxygens (including phenoxy) is 1. The molecule has 1 amide bonds. The smallest absolute Gasteiger partial charge is 0.263 e. The van der Waals surface area contributed by atoms with Gasteiger partial charge in [-0.3, -0.25) is 10.1 Å². The van der Waals surface area contributed by atoms with Crippen LogP contribution in [-0.4, -0.2) is 18.2 Å². The number of amides is 1. The van der Waals surface area contributed by atoms with Gasteiger partial charge in [0.05, 0.1) is 7.11 Å². The molecule has 0 aromatic heterocycles. The van der Waals surface area contributed by atoms with Crippen LogP contribution in [-0.2, 0) is 4.74 Å². The molecule has 0 aliphatic rings. The van der Waals surface area contributed by atoms with Crippen LogP contribution in [0.15, 0.2) is 30.3 Å². The van der Waals surface area contributed by atoms with Gasteiger partial charge in [0.15, 0.2) is 0 Å². The first kappa shape index (κ1) is 9.67. The van der Waals surface area contributed by atoms with Crippen molar-refractivity contribution in [1.82, 2.24) is 5.32 Å². The SMILES string of the molecule is COC(=S)NC(=O)c1ccccc1. The molecule has 0 heterocycles. The van der Waals surface area contributed by atoms with Crippen molar-refractivity contribution in [3.63, 3.8) is 0 Å². The van der Waals surface area contributed by atoms with E-state index in [0.29, 0.717) is 5.56 Å². The van der Waals surface area contributed by atoms with Gasteiger partial charge in [-0.15, -0.1) is 0 Å². The molecule has 0 bridgehead atoms. The van der Waals surface area contributed by atoms with Crippen molar-refractivity contribution >= 4 is 23.3 Å². The van der Waals surface area contributed by atoms with E-state index in [2.05, 4.69) is 22.3 Å². The summed E-state index contributed by atoms with van der Waals surface area (Å²) in [6.45, 7) is 0. The highest BCUT2D eigenvalue weighted by molar-refractivity contribution is 7.80. The van der Waals surface area contributed by atoms with Crippen molar-refractivity contribution < 1.29 is 9.53 Å². The number of thiocarbonyl (C=S) groups is 1. The summed E-state index contributed by atoms with van der Waals surface area (Å²) in [7, 11) is 1.41. The summed E-state index contributed by atoms with van der Waals surface area (Å²) in [5.41, 5.74) is 0.557. The Morgan fingerprint density at radius 1 is 1.38 bits per heavy atom. The van der Waals surface area contributed by atoms with Gasteiger partial charge in [0, 0.05) is 5.56 Å². The van der Waals surface area contributed by atoms with Gasteiger partial charge in [0.2, 0.25) is 0 Å². The standard InChI is InChI=1S/C9H9NO2S/c1-12-9(13)10-8(11)7-5-3-2-4-6-7/h2-6H,1H3,(H,10,11,13). The molecule has 13 heavy (non-hydrogen) atoms. The van der Waals surface area contributed by atoms with E-state index in [1.54, 1.807) is 24.3 Å². The molecule has 0 radical (unpaired) electrons. The van der Waals surface area contributed by atoms with E-state index in [1.807, 2.05) is 6.07 Å². The molecule has 0 fully saturated rings. The van der Waals surface area contributed by atoms with Gasteiger partial charge < -0.3 is 4.74 Å². The predicted molar refractivity (Wildman–Crippen MR) is 53.5 cm³/mol. The number of methoxy groups -OCH3 is 1. The Morgan fingerprint density at radius 3 is 2.54 bits per heavy atom. The quantitative estimate of drug-likeness (QED) is 0.687. The second kappa shape index (κ2) is 4.57. The molecule has 1 N–H and O–H groups in total. The topological polar surface area (TPSA) is 38.3 Å². The predicted octanol–water partition coefficient (Wildman–Crippen LogP) is 1.35. The summed E-state index contributed by atoms with van der Waals surface area (Å²) in [5, 5.41) is 2.49. The first-order valence-electron chi connectivity index (χ1n) is 3.68. The molecule has 3 nitrogen and oxygen atoms in total. The number of carbonyl (C=O) groups is 1. The average Bonchev–Trinajstić information content (AvgIpc) is 2.19. The fourth-order valence-corrected chi connectivity index (χ4v) is 0.898. The van der Waals surface area contributed by atoms with Crippen LogP contribution in [0.25, 0.3) is 0 Å². The maximum absolute atomic E-state index is 11.3. The van der Waals surface area contributed by atoms with Crippen LogP contribution in [0, 0.1) is 0 Å². The molecule has 68 valence electrons. The first-order valence-corrected chi connectivity index (χ1v) is 4.09. The Hall–Kier alpha value is -1.42. The van der Waals surface area contributed by atoms with Gasteiger partial charge in [-0.2, -0.15) is 0 Å². The minimum Gasteiger partial charge on any atom is -0.474 e. The Bertz CT molecular complexity index is 311. The first-order chi connectivity index (χ1) is 6.24. The van der Waals surface area contributed by atoms with Crippen molar-refractivity contribution in [3.8, 4) is 0 Å². The second-order valence-electron chi connectivity index (χ2n) is 2.31. The van der Waals surface area contributed by atoms with Crippen LogP contribution in [0.1, 0.15) is 10.4 Å². The summed E-state index contributed by atoms with van der Waals surface area (Å²) < 4.78 is 4.64. The van der Waals surface area contributed by atoms with E-state index in [4.69, 9.17) is 0 Å². The van der Waals surface area contributed by atoms with Crippen molar-refractivity contribution in [2.45, 2.75) is 0 Å². The van der Waals surface area contributed by atoms with Crippen molar-refractivity contribution in [1.29, 1.82) is 0 Å². The zero-order valence-electron chi connectivity index (χ0n) is 7.11. The lowest BCUT2D eigenvalue weighted by atomic mass is 10.2. The normalized spacial score (nSPS) is 9.00. The van der Waals surface area contributed by atoms with E-state index in [0.717, 1.165) is 0 Å². The van der Waals surface area contributed by atoms with Gasteiger partial charge in [-0.1, -0.05) is 18.2 Å². The maximum Gasteiger partial charge on any atom is 0.263 e. The van der Waals surface area contributed by atoms with E-state index in [9.17, 15) is 4.79 Å². The zero-order valence-corrected chi connectivity index (χ0v) is 7.93. The average molecular weight is 195 g/mol.